The van der Waals surface area contributed by atoms with E-state index in [0.29, 0.717) is 0 Å². The number of fused-ring (bicyclic) bond motifs is 10. The van der Waals surface area contributed by atoms with E-state index < -0.39 is 0 Å². The molecule has 4 heteroatoms. The molecule has 0 bridgehead atoms. The van der Waals surface area contributed by atoms with Crippen molar-refractivity contribution in [3.8, 4) is 16.8 Å². The molecule has 4 atom stereocenters. The Morgan fingerprint density at radius 3 is 1.97 bits per heavy atom. The van der Waals surface area contributed by atoms with Crippen LogP contribution in [0.1, 0.15) is 61.8 Å². The quantitative estimate of drug-likeness (QED) is 0.167. The molecule has 4 heterocycles. The average molecular weight is 853 g/mol. The zero-order valence-corrected chi connectivity index (χ0v) is 37.1. The lowest BCUT2D eigenvalue weighted by Gasteiger charge is -2.35. The standard InChI is InChI=1S/C62H48N2O2/c1-3-45-46(49-23-15-24-50-48-21-10-13-26-56(48)66-62(49)50)33-28-38(2)60(63-61(45)41-31-29-40(30-32-41)39-16-5-4-6-17-39)44-36-55(59-51-22-11-14-27-57(51)65-58(59)37-44)64-53-25-12-9-20-47(53)52-34-42-18-7-8-19-43(42)35-54(52)64/h4-27,29-32,34-38,45-46,60H,3,28,33H2,1-2H3/b63-61-. The molecule has 3 aromatic heterocycles. The van der Waals surface area contributed by atoms with E-state index in [2.05, 4.69) is 213 Å². The van der Waals surface area contributed by atoms with Gasteiger partial charge in [-0.15, -0.1) is 0 Å². The zero-order chi connectivity index (χ0) is 43.9. The van der Waals surface area contributed by atoms with Crippen molar-refractivity contribution >= 4 is 82.2 Å². The maximum absolute atomic E-state index is 6.89. The van der Waals surface area contributed by atoms with E-state index in [1.165, 1.54) is 71.2 Å². The molecule has 0 N–H and O–H groups in total. The van der Waals surface area contributed by atoms with Gasteiger partial charge in [0.1, 0.15) is 22.3 Å². The second-order valence-electron chi connectivity index (χ2n) is 18.5. The van der Waals surface area contributed by atoms with Crippen LogP contribution in [0.2, 0.25) is 0 Å². The number of hydrogen-bond acceptors (Lipinski definition) is 3. The molecular weight excluding hydrogens is 805 g/mol. The van der Waals surface area contributed by atoms with E-state index in [1.54, 1.807) is 0 Å². The third kappa shape index (κ3) is 6.15. The molecule has 4 unspecified atom stereocenters. The van der Waals surface area contributed by atoms with Gasteiger partial charge in [0.25, 0.3) is 0 Å². The van der Waals surface area contributed by atoms with Gasteiger partial charge < -0.3 is 13.4 Å². The molecule has 0 fully saturated rings. The van der Waals surface area contributed by atoms with Gasteiger partial charge in [-0.05, 0) is 112 Å². The van der Waals surface area contributed by atoms with Crippen LogP contribution in [0.15, 0.2) is 208 Å². The van der Waals surface area contributed by atoms with Crippen LogP contribution in [0.3, 0.4) is 0 Å². The van der Waals surface area contributed by atoms with Gasteiger partial charge in [-0.2, -0.15) is 0 Å². The van der Waals surface area contributed by atoms with Gasteiger partial charge in [-0.1, -0.05) is 166 Å². The maximum Gasteiger partial charge on any atom is 0.138 e. The van der Waals surface area contributed by atoms with E-state index in [0.717, 1.165) is 63.8 Å². The SMILES string of the molecule is CCC1/C(c2ccc(-c3ccccc3)cc2)=N\C(c2cc(-n3c4ccccc4c4cc5ccccc5cc43)c3c(c2)oc2ccccc23)C(C)CCC1c1cccc2c1oc1ccccc12. The highest BCUT2D eigenvalue weighted by atomic mass is 16.3. The summed E-state index contributed by atoms with van der Waals surface area (Å²) in [5, 5.41) is 9.52. The Morgan fingerprint density at radius 2 is 1.17 bits per heavy atom. The topological polar surface area (TPSA) is 43.6 Å². The predicted molar refractivity (Wildman–Crippen MR) is 275 cm³/mol. The minimum absolute atomic E-state index is 0.129. The predicted octanol–water partition coefficient (Wildman–Crippen LogP) is 17.2. The molecular formula is C62H48N2O2. The molecule has 66 heavy (non-hydrogen) atoms. The van der Waals surface area contributed by atoms with Crippen LogP contribution in [-0.4, -0.2) is 10.3 Å². The van der Waals surface area contributed by atoms with Crippen molar-refractivity contribution in [2.45, 2.75) is 45.1 Å². The highest BCUT2D eigenvalue weighted by molar-refractivity contribution is 6.17. The van der Waals surface area contributed by atoms with Crippen LogP contribution in [0.5, 0.6) is 0 Å². The summed E-state index contributed by atoms with van der Waals surface area (Å²) >= 11 is 0. The minimum atomic E-state index is -0.129. The summed E-state index contributed by atoms with van der Waals surface area (Å²) in [6.07, 6.45) is 2.94. The van der Waals surface area contributed by atoms with Crippen molar-refractivity contribution in [3.05, 3.63) is 211 Å². The van der Waals surface area contributed by atoms with Crippen LogP contribution >= 0.6 is 0 Å². The molecule has 0 amide bonds. The van der Waals surface area contributed by atoms with Crippen LogP contribution < -0.4 is 0 Å². The van der Waals surface area contributed by atoms with Crippen molar-refractivity contribution in [2.75, 3.05) is 0 Å². The Bertz CT molecular complexity index is 3850. The minimum Gasteiger partial charge on any atom is -0.456 e. The van der Waals surface area contributed by atoms with Gasteiger partial charge in [-0.25, -0.2) is 0 Å². The normalized spacial score (nSPS) is 19.0. The first-order valence-electron chi connectivity index (χ1n) is 23.6. The molecule has 9 aromatic carbocycles. The number of nitrogens with zero attached hydrogens (tertiary/aromatic N) is 2. The van der Waals surface area contributed by atoms with Gasteiger partial charge in [0.15, 0.2) is 0 Å². The lowest BCUT2D eigenvalue weighted by molar-refractivity contribution is 0.362. The van der Waals surface area contributed by atoms with Gasteiger partial charge in [0.2, 0.25) is 0 Å². The molecule has 1 aliphatic heterocycles. The summed E-state index contributed by atoms with van der Waals surface area (Å²) in [6, 6.07) is 70.5. The van der Waals surface area contributed by atoms with Gasteiger partial charge in [0.05, 0.1) is 28.1 Å². The third-order valence-corrected chi connectivity index (χ3v) is 14.8. The van der Waals surface area contributed by atoms with E-state index >= 15 is 0 Å². The number of aromatic nitrogens is 1. The molecule has 0 saturated heterocycles. The molecule has 0 radical (unpaired) electrons. The number of furan rings is 2. The Kier molecular flexibility index (Phi) is 9.09. The highest BCUT2D eigenvalue weighted by Gasteiger charge is 2.35. The number of para-hydroxylation sites is 4. The van der Waals surface area contributed by atoms with E-state index in [1.807, 2.05) is 0 Å². The van der Waals surface area contributed by atoms with Gasteiger partial charge in [0, 0.05) is 38.6 Å². The fourth-order valence-corrected chi connectivity index (χ4v) is 11.5. The lowest BCUT2D eigenvalue weighted by atomic mass is 9.73. The monoisotopic (exact) mass is 852 g/mol. The Balaban J connectivity index is 1.05. The molecule has 0 saturated carbocycles. The number of hydrogen-bond donors (Lipinski definition) is 0. The molecule has 1 aliphatic rings. The Hall–Kier alpha value is -7.69. The Labute approximate surface area is 383 Å². The zero-order valence-electron chi connectivity index (χ0n) is 37.1. The summed E-state index contributed by atoms with van der Waals surface area (Å²) in [7, 11) is 0. The molecule has 318 valence electrons. The van der Waals surface area contributed by atoms with Crippen LogP contribution in [0.25, 0.3) is 93.3 Å². The maximum atomic E-state index is 6.89. The summed E-state index contributed by atoms with van der Waals surface area (Å²) in [6.45, 7) is 4.75. The van der Waals surface area contributed by atoms with Crippen LogP contribution in [0, 0.1) is 11.8 Å². The van der Waals surface area contributed by atoms with Crippen LogP contribution in [0.4, 0.5) is 0 Å². The van der Waals surface area contributed by atoms with Gasteiger partial charge >= 0.3 is 0 Å². The fraction of sp³-hybridized carbons (Fsp3) is 0.145. The number of benzene rings is 9. The first-order valence-corrected chi connectivity index (χ1v) is 23.6. The van der Waals surface area contributed by atoms with E-state index in [4.69, 9.17) is 13.8 Å². The van der Waals surface area contributed by atoms with Crippen molar-refractivity contribution in [2.24, 2.45) is 16.8 Å². The van der Waals surface area contributed by atoms with Crippen molar-refractivity contribution < 1.29 is 8.83 Å². The molecule has 4 nitrogen and oxygen atoms in total. The van der Waals surface area contributed by atoms with Gasteiger partial charge in [-0.3, -0.25) is 4.99 Å². The fourth-order valence-electron chi connectivity index (χ4n) is 11.5. The summed E-state index contributed by atoms with van der Waals surface area (Å²) in [5.41, 5.74) is 14.4. The summed E-state index contributed by atoms with van der Waals surface area (Å²) < 4.78 is 16.1. The summed E-state index contributed by atoms with van der Waals surface area (Å²) in [5.74, 6) is 0.563. The molecule has 13 rings (SSSR count). The molecule has 12 aromatic rings. The van der Waals surface area contributed by atoms with E-state index in [-0.39, 0.29) is 23.8 Å². The van der Waals surface area contributed by atoms with E-state index in [9.17, 15) is 0 Å². The molecule has 0 spiro atoms. The van der Waals surface area contributed by atoms with Crippen molar-refractivity contribution in [3.63, 3.8) is 0 Å². The van der Waals surface area contributed by atoms with Crippen LogP contribution in [-0.2, 0) is 0 Å². The molecule has 0 aliphatic carbocycles. The second kappa shape index (κ2) is 15.5. The number of aliphatic imine (C=N–C) groups is 1. The second-order valence-corrected chi connectivity index (χ2v) is 18.5. The first kappa shape index (κ1) is 38.7. The third-order valence-electron chi connectivity index (χ3n) is 14.8. The Morgan fingerprint density at radius 1 is 0.515 bits per heavy atom. The van der Waals surface area contributed by atoms with Crippen molar-refractivity contribution in [1.82, 2.24) is 4.57 Å². The summed E-state index contributed by atoms with van der Waals surface area (Å²) in [4.78, 5) is 6.09. The lowest BCUT2D eigenvalue weighted by Crippen LogP contribution is -2.28. The largest absolute Gasteiger partial charge is 0.456 e. The first-order chi connectivity index (χ1) is 32.6. The van der Waals surface area contributed by atoms with Crippen molar-refractivity contribution in [1.29, 1.82) is 0 Å². The number of rotatable bonds is 6. The highest BCUT2D eigenvalue weighted by Crippen LogP contribution is 2.47. The average Bonchev–Trinajstić information content (AvgIpc) is 4.04. The smallest absolute Gasteiger partial charge is 0.138 e.